The third-order valence-corrected chi connectivity index (χ3v) is 5.59. The molecule has 1 aliphatic heterocycles. The van der Waals surface area contributed by atoms with Crippen LogP contribution in [0, 0.1) is 4.91 Å². The van der Waals surface area contributed by atoms with Gasteiger partial charge in [-0.25, -0.2) is 0 Å². The first-order chi connectivity index (χ1) is 15.5. The van der Waals surface area contributed by atoms with E-state index in [-0.39, 0.29) is 5.69 Å². The number of hydrogen-bond donors (Lipinski definition) is 1. The largest absolute Gasteiger partial charge is 0.491 e. The van der Waals surface area contributed by atoms with Gasteiger partial charge in [0.25, 0.3) is 0 Å². The molecule has 1 aliphatic rings. The monoisotopic (exact) mass is 425 g/mol. The Bertz CT molecular complexity index is 1210. The fourth-order valence-corrected chi connectivity index (χ4v) is 3.80. The van der Waals surface area contributed by atoms with Gasteiger partial charge in [-0.05, 0) is 76.7 Å². The van der Waals surface area contributed by atoms with Crippen molar-refractivity contribution >= 4 is 28.5 Å². The van der Waals surface area contributed by atoms with Gasteiger partial charge in [0.05, 0.1) is 18.0 Å². The Morgan fingerprint density at radius 2 is 2.00 bits per heavy atom. The van der Waals surface area contributed by atoms with E-state index in [0.29, 0.717) is 24.0 Å². The van der Waals surface area contributed by atoms with Crippen molar-refractivity contribution in [2.45, 2.75) is 33.1 Å². The molecule has 3 aromatic carbocycles. The van der Waals surface area contributed by atoms with Crippen LogP contribution in [0.25, 0.3) is 5.70 Å². The molecule has 5 nitrogen and oxygen atoms in total. The summed E-state index contributed by atoms with van der Waals surface area (Å²) < 4.78 is 5.44. The molecule has 3 aromatic rings. The van der Waals surface area contributed by atoms with E-state index in [0.717, 1.165) is 34.6 Å². The predicted molar refractivity (Wildman–Crippen MR) is 133 cm³/mol. The Morgan fingerprint density at radius 3 is 2.75 bits per heavy atom. The van der Waals surface area contributed by atoms with E-state index in [1.807, 2.05) is 25.1 Å². The maximum absolute atomic E-state index is 11.2. The highest BCUT2D eigenvalue weighted by Gasteiger charge is 2.17. The number of anilines is 1. The van der Waals surface area contributed by atoms with Gasteiger partial charge in [-0.2, -0.15) is 0 Å². The van der Waals surface area contributed by atoms with Gasteiger partial charge in [0.2, 0.25) is 0 Å². The topological polar surface area (TPSA) is 63.1 Å². The van der Waals surface area contributed by atoms with Gasteiger partial charge < -0.3 is 10.1 Å². The molecule has 0 saturated heterocycles. The number of nitroso groups, excluding NO2 is 1. The number of benzene rings is 3. The minimum Gasteiger partial charge on any atom is -0.491 e. The summed E-state index contributed by atoms with van der Waals surface area (Å²) in [5, 5.41) is 6.42. The molecule has 0 radical (unpaired) electrons. The molecule has 0 bridgehead atoms. The Balaban J connectivity index is 1.53. The number of nitrogens with one attached hydrogen (secondary N) is 1. The van der Waals surface area contributed by atoms with Crippen molar-refractivity contribution in [1.29, 1.82) is 0 Å². The Hall–Kier alpha value is -3.73. The predicted octanol–water partition coefficient (Wildman–Crippen LogP) is 7.37. The number of fused-ring (bicyclic) bond motifs is 1. The molecule has 0 spiro atoms. The lowest BCUT2D eigenvalue weighted by molar-refractivity contribution is 0.341. The quantitative estimate of drug-likeness (QED) is 0.383. The van der Waals surface area contributed by atoms with Gasteiger partial charge in [0.1, 0.15) is 5.75 Å². The van der Waals surface area contributed by atoms with Crippen molar-refractivity contribution in [2.75, 3.05) is 11.9 Å². The number of aliphatic imine (C=N–C) groups is 1. The molecule has 0 unspecified atom stereocenters. The van der Waals surface area contributed by atoms with Gasteiger partial charge in [0.15, 0.2) is 5.69 Å². The lowest BCUT2D eigenvalue weighted by Gasteiger charge is -2.13. The summed E-state index contributed by atoms with van der Waals surface area (Å²) in [7, 11) is 0. The van der Waals surface area contributed by atoms with Gasteiger partial charge in [-0.15, -0.1) is 4.91 Å². The van der Waals surface area contributed by atoms with Gasteiger partial charge in [-0.1, -0.05) is 44.7 Å². The molecule has 5 heteroatoms. The lowest BCUT2D eigenvalue weighted by atomic mass is 9.99. The normalized spacial score (nSPS) is 12.3. The lowest BCUT2D eigenvalue weighted by Crippen LogP contribution is -2.03. The average Bonchev–Trinajstić information content (AvgIpc) is 3.23. The van der Waals surface area contributed by atoms with Crippen LogP contribution in [-0.2, 0) is 6.42 Å². The van der Waals surface area contributed by atoms with E-state index >= 15 is 0 Å². The van der Waals surface area contributed by atoms with Gasteiger partial charge in [-0.3, -0.25) is 4.99 Å². The molecule has 4 rings (SSSR count). The van der Waals surface area contributed by atoms with Crippen LogP contribution >= 0.6 is 0 Å². The summed E-state index contributed by atoms with van der Waals surface area (Å²) in [4.78, 5) is 16.1. The van der Waals surface area contributed by atoms with E-state index < -0.39 is 0 Å². The van der Waals surface area contributed by atoms with E-state index in [4.69, 9.17) is 9.73 Å². The Morgan fingerprint density at radius 1 is 1.16 bits per heavy atom. The molecule has 0 aliphatic carbocycles. The standard InChI is InChI=1S/C27H27N3O2/c1-5-32-27-12-11-20(15-26(27)30-31)18(4)28-23-8-6-7-21(13-23)25-16-22-10-9-19(17(2)3)14-24(22)29-25/h6-15,17,28H,4-5,16H2,1-3H3. The zero-order valence-electron chi connectivity index (χ0n) is 18.7. The third-order valence-electron chi connectivity index (χ3n) is 5.59. The minimum atomic E-state index is 0.264. The Kier molecular flexibility index (Phi) is 6.17. The molecule has 32 heavy (non-hydrogen) atoms. The molecule has 0 saturated carbocycles. The van der Waals surface area contributed by atoms with Crippen molar-refractivity contribution in [3.63, 3.8) is 0 Å². The van der Waals surface area contributed by atoms with Gasteiger partial charge in [0, 0.05) is 17.8 Å². The highest BCUT2D eigenvalue weighted by Crippen LogP contribution is 2.33. The first kappa shape index (κ1) is 21.5. The molecule has 0 amide bonds. The molecule has 1 heterocycles. The summed E-state index contributed by atoms with van der Waals surface area (Å²) in [6.45, 7) is 10.9. The van der Waals surface area contributed by atoms with Crippen molar-refractivity contribution in [1.82, 2.24) is 0 Å². The smallest absolute Gasteiger partial charge is 0.150 e. The van der Waals surface area contributed by atoms with E-state index in [9.17, 15) is 4.91 Å². The number of hydrogen-bond acceptors (Lipinski definition) is 5. The second kappa shape index (κ2) is 9.18. The summed E-state index contributed by atoms with van der Waals surface area (Å²) in [6, 6.07) is 20.0. The SMILES string of the molecule is C=C(Nc1cccc(C2=Nc3cc(C(C)C)ccc3C2)c1)c1ccc(OCC)c(N=O)c1. The summed E-state index contributed by atoms with van der Waals surface area (Å²) >= 11 is 0. The van der Waals surface area contributed by atoms with Crippen molar-refractivity contribution in [3.8, 4) is 5.75 Å². The molecule has 0 atom stereocenters. The first-order valence-electron chi connectivity index (χ1n) is 10.9. The molecular formula is C27H27N3O2. The molecule has 1 N–H and O–H groups in total. The van der Waals surface area contributed by atoms with Crippen molar-refractivity contribution < 1.29 is 4.74 Å². The van der Waals surface area contributed by atoms with Crippen LogP contribution in [0.15, 0.2) is 77.4 Å². The molecule has 0 fully saturated rings. The molecule has 0 aromatic heterocycles. The number of rotatable bonds is 8. The van der Waals surface area contributed by atoms with Crippen molar-refractivity contribution in [3.05, 3.63) is 94.4 Å². The second-order valence-electron chi connectivity index (χ2n) is 8.17. The van der Waals surface area contributed by atoms with Crippen LogP contribution in [-0.4, -0.2) is 12.3 Å². The van der Waals surface area contributed by atoms with E-state index in [1.165, 1.54) is 11.1 Å². The number of nitrogens with zero attached hydrogens (tertiary/aromatic N) is 2. The second-order valence-corrected chi connectivity index (χ2v) is 8.17. The maximum Gasteiger partial charge on any atom is 0.150 e. The highest BCUT2D eigenvalue weighted by atomic mass is 16.5. The third kappa shape index (κ3) is 4.47. The van der Waals surface area contributed by atoms with Crippen LogP contribution < -0.4 is 10.1 Å². The first-order valence-corrected chi connectivity index (χ1v) is 10.9. The van der Waals surface area contributed by atoms with Gasteiger partial charge >= 0.3 is 0 Å². The fourth-order valence-electron chi connectivity index (χ4n) is 3.80. The minimum absolute atomic E-state index is 0.264. The zero-order chi connectivity index (χ0) is 22.7. The summed E-state index contributed by atoms with van der Waals surface area (Å²) in [5.74, 6) is 0.955. The van der Waals surface area contributed by atoms with Crippen molar-refractivity contribution in [2.24, 2.45) is 10.2 Å². The van der Waals surface area contributed by atoms with Crippen LogP contribution in [0.1, 0.15) is 48.9 Å². The fraction of sp³-hybridized carbons (Fsp3) is 0.222. The van der Waals surface area contributed by atoms with E-state index in [2.05, 4.69) is 61.3 Å². The van der Waals surface area contributed by atoms with Crippen LogP contribution in [0.4, 0.5) is 17.1 Å². The van der Waals surface area contributed by atoms with Crippen LogP contribution in [0.3, 0.4) is 0 Å². The number of ether oxygens (including phenoxy) is 1. The Labute approximate surface area is 188 Å². The molecule has 162 valence electrons. The average molecular weight is 426 g/mol. The molecular weight excluding hydrogens is 398 g/mol. The van der Waals surface area contributed by atoms with Crippen LogP contribution in [0.2, 0.25) is 0 Å². The maximum atomic E-state index is 11.2. The highest BCUT2D eigenvalue weighted by molar-refractivity contribution is 6.07. The summed E-state index contributed by atoms with van der Waals surface area (Å²) in [5.41, 5.74) is 8.39. The zero-order valence-corrected chi connectivity index (χ0v) is 18.7. The summed E-state index contributed by atoms with van der Waals surface area (Å²) in [6.07, 6.45) is 0.825. The van der Waals surface area contributed by atoms with E-state index in [1.54, 1.807) is 12.1 Å². The van der Waals surface area contributed by atoms with Crippen LogP contribution in [0.5, 0.6) is 5.75 Å².